The molecule has 38 heavy (non-hydrogen) atoms. The molecule has 3 bridgehead atoms. The first-order chi connectivity index (χ1) is 18.7. The van der Waals surface area contributed by atoms with Crippen molar-refractivity contribution in [1.29, 1.82) is 0 Å². The van der Waals surface area contributed by atoms with Crippen molar-refractivity contribution in [3.8, 4) is 12.3 Å². The molecule has 4 unspecified atom stereocenters. The molecular formula is C35H30N2O. The Labute approximate surface area is 224 Å². The van der Waals surface area contributed by atoms with Crippen molar-refractivity contribution in [3.05, 3.63) is 144 Å². The molecule has 1 saturated carbocycles. The molecule has 8 rings (SSSR count). The van der Waals surface area contributed by atoms with Gasteiger partial charge in [-0.2, -0.15) is 0 Å². The molecule has 1 aliphatic carbocycles. The van der Waals surface area contributed by atoms with Gasteiger partial charge in [0.1, 0.15) is 5.60 Å². The van der Waals surface area contributed by atoms with E-state index in [1.807, 2.05) is 0 Å². The average Bonchev–Trinajstić information content (AvgIpc) is 3.30. The number of aliphatic hydroxyl groups is 1. The van der Waals surface area contributed by atoms with Crippen molar-refractivity contribution in [1.82, 2.24) is 9.80 Å². The lowest BCUT2D eigenvalue weighted by molar-refractivity contribution is -0.211. The summed E-state index contributed by atoms with van der Waals surface area (Å²) in [5, 5.41) is 12.6. The Kier molecular flexibility index (Phi) is 4.65. The van der Waals surface area contributed by atoms with Crippen LogP contribution in [0.1, 0.15) is 46.4 Å². The van der Waals surface area contributed by atoms with Crippen molar-refractivity contribution < 1.29 is 5.11 Å². The van der Waals surface area contributed by atoms with E-state index in [9.17, 15) is 5.11 Å². The molecule has 10 atom stereocenters. The highest BCUT2D eigenvalue weighted by atomic mass is 16.3. The summed E-state index contributed by atoms with van der Waals surface area (Å²) in [6, 6.07) is 43.7. The van der Waals surface area contributed by atoms with Crippen LogP contribution in [-0.4, -0.2) is 27.2 Å². The summed E-state index contributed by atoms with van der Waals surface area (Å²) in [6.45, 7) is 0.813. The summed E-state index contributed by atoms with van der Waals surface area (Å²) in [5.41, 5.74) is 3.63. The Bertz CT molecular complexity index is 1410. The zero-order valence-electron chi connectivity index (χ0n) is 21.1. The van der Waals surface area contributed by atoms with Gasteiger partial charge in [-0.15, -0.1) is 6.42 Å². The first kappa shape index (κ1) is 22.3. The van der Waals surface area contributed by atoms with Crippen LogP contribution in [0, 0.1) is 29.6 Å². The van der Waals surface area contributed by atoms with Gasteiger partial charge >= 0.3 is 0 Å². The zero-order chi connectivity index (χ0) is 25.5. The lowest BCUT2D eigenvalue weighted by Gasteiger charge is -2.63. The van der Waals surface area contributed by atoms with E-state index >= 15 is 0 Å². The second-order valence-corrected chi connectivity index (χ2v) is 11.4. The zero-order valence-corrected chi connectivity index (χ0v) is 21.1. The quantitative estimate of drug-likeness (QED) is 0.345. The van der Waals surface area contributed by atoms with Crippen LogP contribution < -0.4 is 0 Å². The van der Waals surface area contributed by atoms with Gasteiger partial charge in [0.2, 0.25) is 0 Å². The number of terminal acetylenes is 1. The van der Waals surface area contributed by atoms with Gasteiger partial charge in [0.25, 0.3) is 0 Å². The molecule has 3 heterocycles. The lowest BCUT2D eigenvalue weighted by Crippen LogP contribution is -2.69. The van der Waals surface area contributed by atoms with E-state index in [1.165, 1.54) is 22.3 Å². The van der Waals surface area contributed by atoms with Crippen molar-refractivity contribution in [2.75, 3.05) is 6.67 Å². The molecule has 3 saturated heterocycles. The second kappa shape index (κ2) is 7.91. The van der Waals surface area contributed by atoms with E-state index in [0.29, 0.717) is 0 Å². The van der Waals surface area contributed by atoms with Gasteiger partial charge in [-0.3, -0.25) is 9.80 Å². The molecule has 1 spiro atoms. The third-order valence-corrected chi connectivity index (χ3v) is 10.1. The summed E-state index contributed by atoms with van der Waals surface area (Å²) in [7, 11) is 0. The molecule has 4 aliphatic rings. The van der Waals surface area contributed by atoms with Crippen LogP contribution in [0.3, 0.4) is 0 Å². The number of benzene rings is 4. The van der Waals surface area contributed by atoms with Gasteiger partial charge in [-0.1, -0.05) is 127 Å². The number of fused-ring (bicyclic) bond motifs is 2. The van der Waals surface area contributed by atoms with Crippen molar-refractivity contribution in [2.45, 2.75) is 29.8 Å². The minimum Gasteiger partial charge on any atom is -0.377 e. The van der Waals surface area contributed by atoms with Gasteiger partial charge in [-0.25, -0.2) is 0 Å². The monoisotopic (exact) mass is 494 g/mol. The largest absolute Gasteiger partial charge is 0.377 e. The van der Waals surface area contributed by atoms with E-state index in [2.05, 4.69) is 137 Å². The number of hydrogen-bond acceptors (Lipinski definition) is 3. The van der Waals surface area contributed by atoms with E-state index in [-0.39, 0.29) is 41.4 Å². The Morgan fingerprint density at radius 2 is 0.921 bits per heavy atom. The molecule has 0 amide bonds. The van der Waals surface area contributed by atoms with E-state index < -0.39 is 5.60 Å². The highest BCUT2D eigenvalue weighted by Gasteiger charge is 2.89. The second-order valence-electron chi connectivity index (χ2n) is 11.4. The molecule has 0 aromatic heterocycles. The molecule has 4 aromatic carbocycles. The minimum atomic E-state index is -1.22. The van der Waals surface area contributed by atoms with Crippen molar-refractivity contribution in [3.63, 3.8) is 0 Å². The first-order valence-corrected chi connectivity index (χ1v) is 13.6. The number of hydrogen-bond donors (Lipinski definition) is 1. The van der Waals surface area contributed by atoms with Gasteiger partial charge in [0.15, 0.2) is 0 Å². The maximum absolute atomic E-state index is 12.6. The van der Waals surface area contributed by atoms with Crippen LogP contribution >= 0.6 is 0 Å². The van der Waals surface area contributed by atoms with Gasteiger partial charge in [0, 0.05) is 41.4 Å². The Morgan fingerprint density at radius 3 is 1.26 bits per heavy atom. The average molecular weight is 495 g/mol. The van der Waals surface area contributed by atoms with Crippen molar-refractivity contribution in [2.24, 2.45) is 17.3 Å². The van der Waals surface area contributed by atoms with Crippen LogP contribution in [0.5, 0.6) is 0 Å². The predicted molar refractivity (Wildman–Crippen MR) is 148 cm³/mol. The fraction of sp³-hybridized carbons (Fsp3) is 0.257. The van der Waals surface area contributed by atoms with Crippen LogP contribution in [0.2, 0.25) is 0 Å². The third-order valence-electron chi connectivity index (χ3n) is 10.1. The topological polar surface area (TPSA) is 26.7 Å². The Hall–Kier alpha value is -3.68. The van der Waals surface area contributed by atoms with E-state index in [1.54, 1.807) is 0 Å². The van der Waals surface area contributed by atoms with Crippen LogP contribution in [0.4, 0.5) is 0 Å². The highest BCUT2D eigenvalue weighted by molar-refractivity contribution is 5.51. The SMILES string of the molecule is C#CC1(O)[C@@H]2[C@@H](c3ccccc3)N3CN4[C@@H](c5ccccc5)[C@@H]1C2([C@@H]3c1ccccc1)[C@H]4c1ccccc1. The summed E-state index contributed by atoms with van der Waals surface area (Å²) in [6.07, 6.45) is 6.35. The standard InChI is InChI=1S/C35H30N2O/c1-2-34(38)30-28(24-15-7-3-8-16-24)36-23-37-29(25-17-9-4-10-18-25)31(34)35(30,32(36)26-19-11-5-12-20-26)33(37)27-21-13-6-14-22-27/h1,3-22,28-33,38H,23H2/t28-,29+,30-,31-,32+,33-,34?,35?/m0/s1. The molecule has 3 heteroatoms. The predicted octanol–water partition coefficient (Wildman–Crippen LogP) is 6.15. The van der Waals surface area contributed by atoms with Crippen LogP contribution in [-0.2, 0) is 0 Å². The highest BCUT2D eigenvalue weighted by Crippen LogP contribution is 2.87. The summed E-state index contributed by atoms with van der Waals surface area (Å²) in [5.74, 6) is 2.81. The molecule has 3 nitrogen and oxygen atoms in total. The Morgan fingerprint density at radius 1 is 0.579 bits per heavy atom. The maximum atomic E-state index is 12.6. The molecule has 1 N–H and O–H groups in total. The fourth-order valence-corrected chi connectivity index (χ4v) is 9.20. The van der Waals surface area contributed by atoms with Gasteiger partial charge < -0.3 is 5.11 Å². The van der Waals surface area contributed by atoms with E-state index in [4.69, 9.17) is 6.42 Å². The third kappa shape index (κ3) is 2.56. The normalized spacial score (nSPS) is 39.8. The van der Waals surface area contributed by atoms with Gasteiger partial charge in [0.05, 0.1) is 6.67 Å². The summed E-state index contributed by atoms with van der Waals surface area (Å²) < 4.78 is 0. The van der Waals surface area contributed by atoms with E-state index in [0.717, 1.165) is 6.67 Å². The first-order valence-electron chi connectivity index (χ1n) is 13.6. The van der Waals surface area contributed by atoms with Gasteiger partial charge in [-0.05, 0) is 22.3 Å². The van der Waals surface area contributed by atoms with Crippen LogP contribution in [0.25, 0.3) is 0 Å². The molecule has 3 aliphatic heterocycles. The fourth-order valence-electron chi connectivity index (χ4n) is 9.20. The molecular weight excluding hydrogens is 464 g/mol. The van der Waals surface area contributed by atoms with Crippen molar-refractivity contribution >= 4 is 0 Å². The molecule has 4 fully saturated rings. The number of nitrogens with zero attached hydrogens (tertiary/aromatic N) is 2. The summed E-state index contributed by atoms with van der Waals surface area (Å²) in [4.78, 5) is 5.31. The molecule has 0 radical (unpaired) electrons. The number of rotatable bonds is 4. The van der Waals surface area contributed by atoms with Crippen LogP contribution in [0.15, 0.2) is 121 Å². The molecule has 4 aromatic rings. The molecule has 186 valence electrons. The smallest absolute Gasteiger partial charge is 0.135 e. The maximum Gasteiger partial charge on any atom is 0.135 e. The lowest BCUT2D eigenvalue weighted by atomic mass is 9.39. The Balaban J connectivity index is 1.44. The minimum absolute atomic E-state index is 0.0339. The summed E-state index contributed by atoms with van der Waals surface area (Å²) >= 11 is 0.